The Morgan fingerprint density at radius 1 is 0.184 bits per heavy atom. The van der Waals surface area contributed by atoms with E-state index in [0.717, 1.165) is 0 Å². The van der Waals surface area contributed by atoms with E-state index in [4.69, 9.17) is 65.1 Å². The van der Waals surface area contributed by atoms with Crippen molar-refractivity contribution in [2.45, 2.75) is 0 Å². The van der Waals surface area contributed by atoms with Gasteiger partial charge in [0.15, 0.2) is 0 Å². The molecule has 24 heteroatoms. The molecule has 0 unspecified atom stereocenters. The molecule has 0 atom stereocenters. The second-order valence-corrected chi connectivity index (χ2v) is 23.6. The van der Waals surface area contributed by atoms with Gasteiger partial charge in [-0.3, -0.25) is 11.8 Å². The monoisotopic (exact) mass is 1640 g/mol. The van der Waals surface area contributed by atoms with Gasteiger partial charge in [-0.15, -0.1) is 11.8 Å². The molecule has 0 saturated carbocycles. The van der Waals surface area contributed by atoms with E-state index >= 15 is 0 Å². The van der Waals surface area contributed by atoms with Gasteiger partial charge in [-0.25, -0.2) is 11.8 Å². The molecule has 0 aliphatic heterocycles. The van der Waals surface area contributed by atoms with Crippen LogP contribution in [0.2, 0.25) is 0 Å². The van der Waals surface area contributed by atoms with E-state index in [-0.39, 0.29) is 101 Å². The first-order chi connectivity index (χ1) is 45.7. The van der Waals surface area contributed by atoms with Crippen molar-refractivity contribution in [3.63, 3.8) is 0 Å². The van der Waals surface area contributed by atoms with E-state index < -0.39 is 31.7 Å². The van der Waals surface area contributed by atoms with E-state index in [2.05, 4.69) is 397 Å². The van der Waals surface area contributed by atoms with Crippen molar-refractivity contribution in [2.75, 3.05) is 11.8 Å². The molecule has 98 heavy (non-hydrogen) atoms. The van der Waals surface area contributed by atoms with Gasteiger partial charge in [0, 0.05) is 112 Å². The van der Waals surface area contributed by atoms with Crippen molar-refractivity contribution in [3.05, 3.63) is 350 Å². The molecular weight excluding hydrogens is 1590 g/mol. The number of hydrogen-bond donors (Lipinski definition) is 0. The van der Waals surface area contributed by atoms with Crippen LogP contribution in [0.25, 0.3) is 0 Å². The zero-order chi connectivity index (χ0) is 72.3. The van der Waals surface area contributed by atoms with E-state index in [1.807, 2.05) is 0 Å². The van der Waals surface area contributed by atoms with Crippen LogP contribution in [0.5, 0.6) is 0 Å². The Kier molecular flexibility index (Phi) is 148. The second kappa shape index (κ2) is 114. The molecule has 0 aliphatic rings. The van der Waals surface area contributed by atoms with Gasteiger partial charge in [0.2, 0.25) is 0 Å². The summed E-state index contributed by atoms with van der Waals surface area (Å²) in [4.78, 5) is 0. The maximum atomic E-state index is 7.50. The van der Waals surface area contributed by atoms with Crippen LogP contribution >= 0.6 is 31.7 Å². The molecule has 0 bridgehead atoms. The summed E-state index contributed by atoms with van der Waals surface area (Å²) in [5, 5.41) is 11.7. The fourth-order valence-electron chi connectivity index (χ4n) is 6.61. The molecule has 8 rings (SSSR count). The minimum atomic E-state index is -0.409. The van der Waals surface area contributed by atoms with Gasteiger partial charge >= 0.3 is 158 Å². The summed E-state index contributed by atoms with van der Waals surface area (Å²) in [5.74, 6) is 21.8. The third-order valence-electron chi connectivity index (χ3n) is 9.60. The Balaban J connectivity index is -0.0000000698. The van der Waals surface area contributed by atoms with Crippen molar-refractivity contribution in [3.8, 4) is 47.4 Å². The van der Waals surface area contributed by atoms with Gasteiger partial charge in [-0.1, -0.05) is 243 Å². The third kappa shape index (κ3) is 63.6. The molecule has 8 aromatic carbocycles. The molecule has 0 heterocycles. The molecule has 8 aromatic rings. The molecule has 0 N–H and O–H groups in total. The van der Waals surface area contributed by atoms with Crippen LogP contribution in [0, 0.1) is 154 Å². The minimum Gasteiger partial charge on any atom is -0.284 e. The zero-order valence-electron chi connectivity index (χ0n) is 50.4. The number of rotatable bonds is 12. The van der Waals surface area contributed by atoms with Crippen LogP contribution in [0.15, 0.2) is 243 Å². The van der Waals surface area contributed by atoms with Gasteiger partial charge in [0.1, 0.15) is 0 Å². The minimum absolute atomic E-state index is 0. The van der Waals surface area contributed by atoms with Crippen molar-refractivity contribution in [1.29, 1.82) is 0 Å². The summed E-state index contributed by atoms with van der Waals surface area (Å²) in [7, 11) is -1.63. The Hall–Kier alpha value is -7.14. The van der Waals surface area contributed by atoms with Gasteiger partial charge in [0.05, 0.1) is 0 Å². The molecule has 504 valence electrons. The normalized spacial score (nSPS) is 6.73. The third-order valence-corrected chi connectivity index (χ3v) is 21.5. The van der Waals surface area contributed by atoms with Crippen LogP contribution in [-0.2, 0) is 166 Å². The fraction of sp³-hybridized carbons (Fsp3) is 0.0270. The van der Waals surface area contributed by atoms with E-state index in [0.29, 0.717) is 0 Å². The first-order valence-electron chi connectivity index (χ1n) is 23.7. The molecule has 6 radical (unpaired) electrons. The van der Waals surface area contributed by atoms with Crippen LogP contribution in [0.3, 0.4) is 0 Å². The van der Waals surface area contributed by atoms with Crippen molar-refractivity contribution in [1.82, 2.24) is 0 Å². The van der Waals surface area contributed by atoms with Crippen molar-refractivity contribution >= 4 is 74.1 Å². The average molecular weight is 1640 g/mol. The Morgan fingerprint density at radius 2 is 0.276 bits per heavy atom. The summed E-state index contributed by atoms with van der Waals surface area (Å²) in [6.07, 6.45) is 0. The Labute approximate surface area is 643 Å². The topological polar surface area (TPSA) is 279 Å². The molecule has 0 aromatic heterocycles. The molecular formula is C74H48Co6O14P4-2. The predicted molar refractivity (Wildman–Crippen MR) is 343 cm³/mol. The van der Waals surface area contributed by atoms with Crippen molar-refractivity contribution < 1.29 is 166 Å². The standard InChI is InChI=1S/2C25H22P2.C10H4.14CO.6Co/c2*1-5-13-22(14-6-1)26(23-15-7-2-8-16-23)21-27(24-17-9-3-10-18-24)25-19-11-4-12-20-25;1-3-5-7-9-10-8-6-4-2;14*1-2;;;;;;/h2*1-20H,21H2;1-2H2;;;;;;;;;;;;;;;;;;;;/q;;-2;;;;;;;;;;;;;;;;;;;;. The number of benzene rings is 8. The SMILES string of the molecule is [C-]#[O+].[C-]#[O+].[C-]#[O+].[C-]#[O+].[C-]#[O+].[C-]#[O+].[C-]#[O+].[C-]#[O+].[C-]#[O+].[C-]#[O+].[C-]#[O+].[C-]#[O+].[C-]#[O+].[C-]#[O+].[CH2-]C#CC#CC#CC#C[CH2-].[Co].[Co].[Co].[Co].[Co].[Co].c1ccc(P(CP(c2ccccc2)c2ccccc2)c2ccccc2)cc1.c1ccc(P(CP(c2ccccc2)c2ccccc2)c2ccccc2)cc1. The van der Waals surface area contributed by atoms with Crippen LogP contribution in [0.1, 0.15) is 0 Å². The molecule has 14 nitrogen and oxygen atoms in total. The smallest absolute Gasteiger partial charge is 0.00405 e. The molecule has 0 aliphatic carbocycles. The maximum absolute atomic E-state index is 7.50. The largest absolute Gasteiger partial charge is 0.284 e. The fourth-order valence-corrected chi connectivity index (χ4v) is 19.5. The average Bonchev–Trinajstić information content (AvgIpc) is 0.874. The van der Waals surface area contributed by atoms with Gasteiger partial charge in [-0.05, 0) is 86.0 Å². The predicted octanol–water partition coefficient (Wildman–Crippen LogP) is 10.5. The first-order valence-corrected chi connectivity index (χ1v) is 29.8. The van der Waals surface area contributed by atoms with E-state index in [1.165, 1.54) is 54.2 Å². The Bertz CT molecular complexity index is 2910. The van der Waals surface area contributed by atoms with Gasteiger partial charge < -0.3 is 0 Å². The van der Waals surface area contributed by atoms with Gasteiger partial charge in [0.25, 0.3) is 0 Å². The second-order valence-electron chi connectivity index (χ2n) is 13.8. The van der Waals surface area contributed by atoms with E-state index in [9.17, 15) is 0 Å². The van der Waals surface area contributed by atoms with Gasteiger partial charge in [-0.2, -0.15) is 13.8 Å². The number of hydrogen-bond acceptors (Lipinski definition) is 0. The van der Waals surface area contributed by atoms with Crippen LogP contribution < -0.4 is 42.4 Å². The molecule has 0 saturated heterocycles. The van der Waals surface area contributed by atoms with Crippen LogP contribution in [0.4, 0.5) is 0 Å². The van der Waals surface area contributed by atoms with Crippen molar-refractivity contribution in [2.24, 2.45) is 0 Å². The molecule has 0 amide bonds. The Morgan fingerprint density at radius 3 is 0.367 bits per heavy atom. The first kappa shape index (κ1) is 127. The summed E-state index contributed by atoms with van der Waals surface area (Å²) in [5.41, 5.74) is 0. The molecule has 0 fully saturated rings. The zero-order valence-corrected chi connectivity index (χ0v) is 60.3. The summed E-state index contributed by atoms with van der Waals surface area (Å²) < 4.78 is 105. The summed E-state index contributed by atoms with van der Waals surface area (Å²) >= 11 is 0. The molecule has 0 spiro atoms. The maximum Gasteiger partial charge on any atom is 0.00405 e. The quantitative estimate of drug-likeness (QED) is 0.0478. The summed E-state index contributed by atoms with van der Waals surface area (Å²) in [6, 6.07) is 88.3. The van der Waals surface area contributed by atoms with Crippen LogP contribution in [-0.4, -0.2) is 11.8 Å². The van der Waals surface area contributed by atoms with E-state index in [1.54, 1.807) is 0 Å². The summed E-state index contributed by atoms with van der Waals surface area (Å²) in [6.45, 7) is 69.5.